The predicted octanol–water partition coefficient (Wildman–Crippen LogP) is 2.69. The van der Waals surface area contributed by atoms with Crippen LogP contribution in [-0.4, -0.2) is 21.9 Å². The number of nitrogens with zero attached hydrogens (tertiary/aromatic N) is 1. The minimum Gasteiger partial charge on any atom is -0.303 e. The van der Waals surface area contributed by atoms with Crippen LogP contribution in [0.15, 0.2) is 0 Å². The van der Waals surface area contributed by atoms with Crippen molar-refractivity contribution in [3.8, 4) is 6.07 Å². The molecule has 0 spiro atoms. The molecule has 0 aliphatic carbocycles. The quantitative estimate of drug-likeness (QED) is 0.485. The van der Waals surface area contributed by atoms with E-state index in [1.165, 1.54) is 0 Å². The zero-order valence-corrected chi connectivity index (χ0v) is 9.71. The van der Waals surface area contributed by atoms with Crippen molar-refractivity contribution in [1.29, 1.82) is 5.26 Å². The Morgan fingerprint density at radius 3 is 2.23 bits per heavy atom. The van der Waals surface area contributed by atoms with Gasteiger partial charge in [-0.05, 0) is 17.9 Å². The van der Waals surface area contributed by atoms with Crippen LogP contribution in [0, 0.1) is 11.3 Å². The highest BCUT2D eigenvalue weighted by Gasteiger charge is 2.29. The van der Waals surface area contributed by atoms with E-state index in [2.05, 4.69) is 6.07 Å². The highest BCUT2D eigenvalue weighted by Crippen LogP contribution is 2.40. The summed E-state index contributed by atoms with van der Waals surface area (Å²) in [6.45, 7) is 4.07. The Labute approximate surface area is 88.5 Å². The zero-order valence-electron chi connectivity index (χ0n) is 8.08. The van der Waals surface area contributed by atoms with Gasteiger partial charge in [0.15, 0.2) is 0 Å². The summed E-state index contributed by atoms with van der Waals surface area (Å²) in [7, 11) is 0. The molecule has 2 nitrogen and oxygen atoms in total. The summed E-state index contributed by atoms with van der Waals surface area (Å²) in [6.07, 6.45) is 2.02. The predicted molar refractivity (Wildman–Crippen MR) is 59.9 cm³/mol. The van der Waals surface area contributed by atoms with Gasteiger partial charge in [0.2, 0.25) is 0 Å². The Bertz CT molecular complexity index is 183. The number of hydrogen-bond donors (Lipinski definition) is 0. The van der Waals surface area contributed by atoms with Gasteiger partial charge in [-0.15, -0.1) is 23.5 Å². The Hall–Kier alpha value is -0.140. The van der Waals surface area contributed by atoms with Gasteiger partial charge in [-0.1, -0.05) is 13.8 Å². The minimum atomic E-state index is -0.398. The number of carbonyl (C=O) groups excluding carboxylic acids is 1. The Balaban J connectivity index is 4.26. The van der Waals surface area contributed by atoms with Crippen LogP contribution < -0.4 is 0 Å². The molecule has 0 fully saturated rings. The number of thioether (sulfide) groups is 2. The number of carbonyl (C=O) groups is 1. The minimum absolute atomic E-state index is 0.398. The first-order chi connectivity index (χ1) is 6.24. The van der Waals surface area contributed by atoms with Crippen molar-refractivity contribution in [2.75, 3.05) is 11.5 Å². The normalized spacial score (nSPS) is 10.8. The van der Waals surface area contributed by atoms with Crippen LogP contribution in [0.3, 0.4) is 0 Å². The van der Waals surface area contributed by atoms with Crippen molar-refractivity contribution in [2.45, 2.75) is 30.8 Å². The van der Waals surface area contributed by atoms with Crippen LogP contribution in [0.1, 0.15) is 26.7 Å². The second-order valence-electron chi connectivity index (χ2n) is 2.44. The second kappa shape index (κ2) is 7.28. The lowest BCUT2D eigenvalue weighted by molar-refractivity contribution is -0.107. The molecule has 0 aromatic carbocycles. The summed E-state index contributed by atoms with van der Waals surface area (Å²) in [4.78, 5) is 10.2. The van der Waals surface area contributed by atoms with Gasteiger partial charge in [-0.3, -0.25) is 0 Å². The number of rotatable bonds is 7. The summed E-state index contributed by atoms with van der Waals surface area (Å²) < 4.78 is -0.398. The molecule has 0 unspecified atom stereocenters. The van der Waals surface area contributed by atoms with Crippen LogP contribution in [-0.2, 0) is 4.79 Å². The average Bonchev–Trinajstić information content (AvgIpc) is 2.15. The third-order valence-corrected chi connectivity index (χ3v) is 4.32. The topological polar surface area (TPSA) is 40.9 Å². The average molecular weight is 217 g/mol. The van der Waals surface area contributed by atoms with E-state index in [4.69, 9.17) is 5.26 Å². The van der Waals surface area contributed by atoms with Gasteiger partial charge in [0, 0.05) is 6.42 Å². The molecule has 0 saturated heterocycles. The van der Waals surface area contributed by atoms with E-state index >= 15 is 0 Å². The molecule has 0 heterocycles. The summed E-state index contributed by atoms with van der Waals surface area (Å²) in [5, 5.41) is 9.06. The molecule has 0 aromatic rings. The molecule has 0 saturated carbocycles. The number of nitriles is 1. The zero-order chi connectivity index (χ0) is 10.2. The Morgan fingerprint density at radius 1 is 1.38 bits per heavy atom. The summed E-state index contributed by atoms with van der Waals surface area (Å²) in [6, 6.07) is 2.32. The van der Waals surface area contributed by atoms with E-state index in [9.17, 15) is 4.79 Å². The lowest BCUT2D eigenvalue weighted by atomic mass is 10.2. The van der Waals surface area contributed by atoms with E-state index in [1.807, 2.05) is 13.8 Å². The molecule has 0 aliphatic heterocycles. The summed E-state index contributed by atoms with van der Waals surface area (Å²) >= 11 is 3.26. The fourth-order valence-electron chi connectivity index (χ4n) is 1.02. The molecule has 0 bridgehead atoms. The highest BCUT2D eigenvalue weighted by molar-refractivity contribution is 8.18. The summed E-state index contributed by atoms with van der Waals surface area (Å²) in [5.41, 5.74) is 0. The smallest absolute Gasteiger partial charge is 0.148 e. The Kier molecular flexibility index (Phi) is 7.20. The number of hydrogen-bond acceptors (Lipinski definition) is 4. The monoisotopic (exact) mass is 217 g/mol. The van der Waals surface area contributed by atoms with Gasteiger partial charge < -0.3 is 4.79 Å². The molecule has 13 heavy (non-hydrogen) atoms. The van der Waals surface area contributed by atoms with Crippen LogP contribution in [0.2, 0.25) is 0 Å². The van der Waals surface area contributed by atoms with Crippen molar-refractivity contribution >= 4 is 29.8 Å². The van der Waals surface area contributed by atoms with Gasteiger partial charge in [-0.25, -0.2) is 0 Å². The number of aldehydes is 1. The van der Waals surface area contributed by atoms with Gasteiger partial charge in [0.1, 0.15) is 10.4 Å². The molecular weight excluding hydrogens is 202 g/mol. The molecule has 0 radical (unpaired) electrons. The van der Waals surface area contributed by atoms with Crippen LogP contribution in [0.5, 0.6) is 0 Å². The maximum absolute atomic E-state index is 10.2. The van der Waals surface area contributed by atoms with E-state index in [0.717, 1.165) is 17.8 Å². The molecular formula is C9H15NOS2. The van der Waals surface area contributed by atoms with E-state index in [1.54, 1.807) is 23.5 Å². The van der Waals surface area contributed by atoms with Gasteiger partial charge >= 0.3 is 0 Å². The maximum atomic E-state index is 10.2. The fourth-order valence-corrected chi connectivity index (χ4v) is 3.65. The highest BCUT2D eigenvalue weighted by atomic mass is 32.2. The van der Waals surface area contributed by atoms with E-state index < -0.39 is 4.08 Å². The van der Waals surface area contributed by atoms with Gasteiger partial charge in [0.25, 0.3) is 0 Å². The SMILES string of the molecule is CCSC(C#N)(CCC=O)SCC. The first-order valence-corrected chi connectivity index (χ1v) is 6.34. The van der Waals surface area contributed by atoms with E-state index in [0.29, 0.717) is 12.8 Å². The first kappa shape index (κ1) is 12.9. The molecule has 0 N–H and O–H groups in total. The molecule has 4 heteroatoms. The molecule has 0 aliphatic rings. The summed E-state index contributed by atoms with van der Waals surface area (Å²) in [5.74, 6) is 1.83. The molecule has 0 atom stereocenters. The molecule has 0 aromatic heterocycles. The van der Waals surface area contributed by atoms with Crippen LogP contribution in [0.25, 0.3) is 0 Å². The van der Waals surface area contributed by atoms with Crippen LogP contribution in [0.4, 0.5) is 0 Å². The standard InChI is InChI=1S/C9H15NOS2/c1-3-12-9(8-10,13-4-2)6-5-7-11/h7H,3-6H2,1-2H3. The molecule has 0 rings (SSSR count). The third-order valence-electron chi connectivity index (χ3n) is 1.52. The van der Waals surface area contributed by atoms with Crippen molar-refractivity contribution in [1.82, 2.24) is 0 Å². The lowest BCUT2D eigenvalue weighted by Crippen LogP contribution is -2.18. The van der Waals surface area contributed by atoms with Gasteiger partial charge in [-0.2, -0.15) is 5.26 Å². The largest absolute Gasteiger partial charge is 0.303 e. The van der Waals surface area contributed by atoms with Crippen molar-refractivity contribution in [3.05, 3.63) is 0 Å². The van der Waals surface area contributed by atoms with Crippen molar-refractivity contribution in [3.63, 3.8) is 0 Å². The fraction of sp³-hybridized carbons (Fsp3) is 0.778. The van der Waals surface area contributed by atoms with Crippen LogP contribution >= 0.6 is 23.5 Å². The third kappa shape index (κ3) is 4.58. The van der Waals surface area contributed by atoms with Gasteiger partial charge in [0.05, 0.1) is 6.07 Å². The Morgan fingerprint density at radius 2 is 1.92 bits per heavy atom. The first-order valence-electron chi connectivity index (χ1n) is 4.37. The lowest BCUT2D eigenvalue weighted by Gasteiger charge is -2.23. The van der Waals surface area contributed by atoms with Crippen molar-refractivity contribution < 1.29 is 4.79 Å². The maximum Gasteiger partial charge on any atom is 0.148 e. The van der Waals surface area contributed by atoms with E-state index in [-0.39, 0.29) is 0 Å². The molecule has 0 amide bonds. The molecule has 74 valence electrons. The van der Waals surface area contributed by atoms with Crippen molar-refractivity contribution in [2.24, 2.45) is 0 Å². The second-order valence-corrected chi connectivity index (χ2v) is 5.82.